The summed E-state index contributed by atoms with van der Waals surface area (Å²) in [4.78, 5) is 9.04. The Labute approximate surface area is 207 Å². The van der Waals surface area contributed by atoms with Crippen LogP contribution < -0.4 is 9.80 Å². The van der Waals surface area contributed by atoms with Crippen LogP contribution in [0.3, 0.4) is 0 Å². The van der Waals surface area contributed by atoms with Crippen molar-refractivity contribution in [3.8, 4) is 0 Å². The molecule has 0 spiro atoms. The number of aryl methyl sites for hydroxylation is 3. The third-order valence-electron chi connectivity index (χ3n) is 5.64. The first-order valence-corrected chi connectivity index (χ1v) is 10.9. The standard InChI is InChI=1S/C22H23F6N9/c1-12-17-8-14(18(34(2)3)29-19(17)35(4)31-12)11-37(20-30-33-36(5)32-20)10-13-6-15(21(23,24)25)9-16(7-13)22(26,27)28/h6-9H,10-11H2,1-5H3. The molecule has 15 heteroatoms. The molecule has 0 aliphatic rings. The van der Waals surface area contributed by atoms with Gasteiger partial charge in [0, 0.05) is 45.2 Å². The molecule has 0 radical (unpaired) electrons. The lowest BCUT2D eigenvalue weighted by molar-refractivity contribution is -0.143. The van der Waals surface area contributed by atoms with Crippen LogP contribution >= 0.6 is 0 Å². The van der Waals surface area contributed by atoms with Gasteiger partial charge < -0.3 is 9.80 Å². The molecule has 9 nitrogen and oxygen atoms in total. The minimum Gasteiger partial charge on any atom is -0.362 e. The summed E-state index contributed by atoms with van der Waals surface area (Å²) < 4.78 is 82.2. The topological polar surface area (TPSA) is 80.8 Å². The molecule has 0 saturated heterocycles. The van der Waals surface area contributed by atoms with Gasteiger partial charge in [0.1, 0.15) is 5.82 Å². The van der Waals surface area contributed by atoms with Crippen LogP contribution in [0.25, 0.3) is 11.0 Å². The summed E-state index contributed by atoms with van der Waals surface area (Å²) in [7, 11) is 6.80. The number of benzene rings is 1. The number of halogens is 6. The fraction of sp³-hybridized carbons (Fsp3) is 0.409. The van der Waals surface area contributed by atoms with Crippen molar-refractivity contribution in [1.82, 2.24) is 35.0 Å². The lowest BCUT2D eigenvalue weighted by Gasteiger charge is -2.25. The molecule has 0 amide bonds. The number of fused-ring (bicyclic) bond motifs is 1. The smallest absolute Gasteiger partial charge is 0.362 e. The number of hydrogen-bond acceptors (Lipinski definition) is 7. The van der Waals surface area contributed by atoms with Crippen molar-refractivity contribution in [1.29, 1.82) is 0 Å². The molecule has 37 heavy (non-hydrogen) atoms. The Bertz CT molecular complexity index is 1400. The van der Waals surface area contributed by atoms with Crippen molar-refractivity contribution in [3.05, 3.63) is 52.2 Å². The average molecular weight is 527 g/mol. The van der Waals surface area contributed by atoms with Gasteiger partial charge in [0.05, 0.1) is 23.9 Å². The lowest BCUT2D eigenvalue weighted by Crippen LogP contribution is -2.26. The Kier molecular flexibility index (Phi) is 6.50. The van der Waals surface area contributed by atoms with E-state index in [-0.39, 0.29) is 30.7 Å². The van der Waals surface area contributed by atoms with Gasteiger partial charge in [0.2, 0.25) is 0 Å². The molecule has 0 aliphatic heterocycles. The SMILES string of the molecule is Cc1nn(C)c2nc(N(C)C)c(CN(Cc3cc(C(F)(F)F)cc(C(F)(F)F)c3)c3nnn(C)n3)cc12. The van der Waals surface area contributed by atoms with Crippen LogP contribution in [0, 0.1) is 6.92 Å². The lowest BCUT2D eigenvalue weighted by atomic mass is 10.0. The van der Waals surface area contributed by atoms with E-state index in [1.165, 1.54) is 11.9 Å². The zero-order valence-corrected chi connectivity index (χ0v) is 20.5. The Morgan fingerprint density at radius 3 is 2.00 bits per heavy atom. The Morgan fingerprint density at radius 1 is 0.865 bits per heavy atom. The largest absolute Gasteiger partial charge is 0.416 e. The summed E-state index contributed by atoms with van der Waals surface area (Å²) in [6.45, 7) is 1.48. The molecule has 198 valence electrons. The van der Waals surface area contributed by atoms with Gasteiger partial charge in [-0.3, -0.25) is 4.68 Å². The molecule has 3 heterocycles. The molecule has 0 bridgehead atoms. The molecular formula is C22H23F6N9. The van der Waals surface area contributed by atoms with Crippen LogP contribution in [0.4, 0.5) is 38.1 Å². The number of alkyl halides is 6. The number of anilines is 2. The monoisotopic (exact) mass is 527 g/mol. The zero-order chi connectivity index (χ0) is 27.3. The van der Waals surface area contributed by atoms with Gasteiger partial charge in [0.25, 0.3) is 5.95 Å². The highest BCUT2D eigenvalue weighted by Gasteiger charge is 2.37. The first-order valence-electron chi connectivity index (χ1n) is 10.9. The van der Waals surface area contributed by atoms with Crippen molar-refractivity contribution in [2.24, 2.45) is 14.1 Å². The highest BCUT2D eigenvalue weighted by atomic mass is 19.4. The summed E-state index contributed by atoms with van der Waals surface area (Å²) in [5, 5.41) is 17.0. The van der Waals surface area contributed by atoms with E-state index in [0.29, 0.717) is 34.9 Å². The molecule has 0 N–H and O–H groups in total. The summed E-state index contributed by atoms with van der Waals surface area (Å²) in [5.41, 5.74) is -1.02. The minimum atomic E-state index is -4.96. The minimum absolute atomic E-state index is 0.0219. The van der Waals surface area contributed by atoms with Gasteiger partial charge in [-0.25, -0.2) is 4.98 Å². The Balaban J connectivity index is 1.82. The average Bonchev–Trinajstić information content (AvgIpc) is 3.33. The van der Waals surface area contributed by atoms with Crippen molar-refractivity contribution in [2.75, 3.05) is 23.9 Å². The van der Waals surface area contributed by atoms with Gasteiger partial charge >= 0.3 is 12.4 Å². The first-order chi connectivity index (χ1) is 17.1. The van der Waals surface area contributed by atoms with Crippen molar-refractivity contribution in [3.63, 3.8) is 0 Å². The van der Waals surface area contributed by atoms with Gasteiger partial charge in [-0.05, 0) is 42.0 Å². The van der Waals surface area contributed by atoms with E-state index in [2.05, 4.69) is 25.5 Å². The van der Waals surface area contributed by atoms with Gasteiger partial charge in [-0.1, -0.05) is 5.10 Å². The number of rotatable bonds is 6. The predicted octanol–water partition coefficient (Wildman–Crippen LogP) is 4.11. The number of tetrazole rings is 1. The maximum atomic E-state index is 13.4. The highest BCUT2D eigenvalue weighted by molar-refractivity contribution is 5.81. The fourth-order valence-corrected chi connectivity index (χ4v) is 4.01. The number of nitrogens with zero attached hydrogens (tertiary/aromatic N) is 9. The van der Waals surface area contributed by atoms with Crippen molar-refractivity contribution < 1.29 is 26.3 Å². The van der Waals surface area contributed by atoms with Crippen LogP contribution in [0.2, 0.25) is 0 Å². The Morgan fingerprint density at radius 2 is 1.49 bits per heavy atom. The number of hydrogen-bond donors (Lipinski definition) is 0. The van der Waals surface area contributed by atoms with Crippen LogP contribution in [-0.4, -0.2) is 49.1 Å². The van der Waals surface area contributed by atoms with E-state index < -0.39 is 23.5 Å². The van der Waals surface area contributed by atoms with E-state index in [1.807, 2.05) is 13.0 Å². The van der Waals surface area contributed by atoms with E-state index in [0.717, 1.165) is 10.2 Å². The second-order valence-electron chi connectivity index (χ2n) is 8.79. The van der Waals surface area contributed by atoms with Crippen molar-refractivity contribution >= 4 is 22.8 Å². The van der Waals surface area contributed by atoms with Crippen LogP contribution in [0.1, 0.15) is 27.9 Å². The summed E-state index contributed by atoms with van der Waals surface area (Å²) in [6.07, 6.45) is -9.92. The molecule has 4 aromatic rings. The third kappa shape index (κ3) is 5.44. The molecule has 0 unspecified atom stereocenters. The van der Waals surface area contributed by atoms with Gasteiger partial charge in [-0.2, -0.15) is 36.2 Å². The molecule has 3 aromatic heterocycles. The normalized spacial score (nSPS) is 12.4. The molecule has 0 aliphatic carbocycles. The van der Waals surface area contributed by atoms with Crippen LogP contribution in [-0.2, 0) is 39.5 Å². The second kappa shape index (κ2) is 9.19. The van der Waals surface area contributed by atoms with Crippen LogP contribution in [0.15, 0.2) is 24.3 Å². The molecular weight excluding hydrogens is 504 g/mol. The van der Waals surface area contributed by atoms with Gasteiger partial charge in [-0.15, -0.1) is 5.10 Å². The molecule has 0 fully saturated rings. The molecule has 1 aromatic carbocycles. The predicted molar refractivity (Wildman–Crippen MR) is 123 cm³/mol. The maximum absolute atomic E-state index is 13.4. The Hall–Kier alpha value is -3.91. The third-order valence-corrected chi connectivity index (χ3v) is 5.64. The summed E-state index contributed by atoms with van der Waals surface area (Å²) in [6, 6.07) is 3.33. The highest BCUT2D eigenvalue weighted by Crippen LogP contribution is 2.37. The molecule has 0 saturated carbocycles. The second-order valence-corrected chi connectivity index (χ2v) is 8.79. The first kappa shape index (κ1) is 26.2. The van der Waals surface area contributed by atoms with E-state index in [9.17, 15) is 26.3 Å². The van der Waals surface area contributed by atoms with Crippen molar-refractivity contribution in [2.45, 2.75) is 32.4 Å². The molecule has 4 rings (SSSR count). The van der Waals surface area contributed by atoms with E-state index >= 15 is 0 Å². The molecule has 0 atom stereocenters. The zero-order valence-electron chi connectivity index (χ0n) is 20.5. The summed E-state index contributed by atoms with van der Waals surface area (Å²) >= 11 is 0. The quantitative estimate of drug-likeness (QED) is 0.349. The van der Waals surface area contributed by atoms with E-state index in [4.69, 9.17) is 0 Å². The summed E-state index contributed by atoms with van der Waals surface area (Å²) in [5.74, 6) is 0.575. The maximum Gasteiger partial charge on any atom is 0.416 e. The fourth-order valence-electron chi connectivity index (χ4n) is 4.01. The number of aromatic nitrogens is 7. The number of pyridine rings is 1. The van der Waals surface area contributed by atoms with E-state index in [1.54, 1.807) is 30.7 Å². The van der Waals surface area contributed by atoms with Crippen LogP contribution in [0.5, 0.6) is 0 Å². The van der Waals surface area contributed by atoms with Gasteiger partial charge in [0.15, 0.2) is 5.65 Å².